The first kappa shape index (κ1) is 19.2. The largest absolute Gasteiger partial charge is 0.471 e. The molecule has 0 radical (unpaired) electrons. The molecular formula is C21H26F3N3O2. The highest BCUT2D eigenvalue weighted by atomic mass is 19.4. The number of nitrogens with zero attached hydrogens (tertiary/aromatic N) is 2. The Morgan fingerprint density at radius 2 is 1.79 bits per heavy atom. The molecule has 1 saturated heterocycles. The SMILES string of the molecule is [C-]#[N+][C@@H]1C[C@@H]2C[C@@H]2N1C(=O)[C@@H](NC(=O)C(F)(F)F)C12CC3CC(CC(C)(C3)C1)C2. The molecule has 2 amide bonds. The first-order valence-corrected chi connectivity index (χ1v) is 10.6. The molecule has 158 valence electrons. The molecule has 4 bridgehead atoms. The summed E-state index contributed by atoms with van der Waals surface area (Å²) >= 11 is 0. The minimum atomic E-state index is -5.03. The van der Waals surface area contributed by atoms with Gasteiger partial charge in [0, 0.05) is 17.9 Å². The summed E-state index contributed by atoms with van der Waals surface area (Å²) in [6.45, 7) is 9.61. The van der Waals surface area contributed by atoms with Crippen LogP contribution in [0.15, 0.2) is 0 Å². The van der Waals surface area contributed by atoms with E-state index < -0.39 is 35.6 Å². The number of alkyl halides is 3. The molecule has 8 heteroatoms. The minimum Gasteiger partial charge on any atom is -0.336 e. The van der Waals surface area contributed by atoms with Crippen molar-refractivity contribution in [3.05, 3.63) is 11.4 Å². The third-order valence-corrected chi connectivity index (χ3v) is 8.27. The van der Waals surface area contributed by atoms with Crippen molar-refractivity contribution in [2.45, 2.75) is 82.7 Å². The zero-order valence-corrected chi connectivity index (χ0v) is 16.5. The van der Waals surface area contributed by atoms with E-state index in [2.05, 4.69) is 17.1 Å². The monoisotopic (exact) mass is 409 g/mol. The molecule has 5 nitrogen and oxygen atoms in total. The van der Waals surface area contributed by atoms with Crippen molar-refractivity contribution in [3.63, 3.8) is 0 Å². The number of nitrogens with one attached hydrogen (secondary N) is 1. The number of rotatable bonds is 3. The quantitative estimate of drug-likeness (QED) is 0.726. The van der Waals surface area contributed by atoms with Crippen molar-refractivity contribution in [1.82, 2.24) is 10.2 Å². The van der Waals surface area contributed by atoms with Crippen LogP contribution < -0.4 is 5.32 Å². The van der Waals surface area contributed by atoms with Gasteiger partial charge in [0.25, 0.3) is 5.91 Å². The molecule has 5 saturated carbocycles. The van der Waals surface area contributed by atoms with Crippen LogP contribution >= 0.6 is 0 Å². The summed E-state index contributed by atoms with van der Waals surface area (Å²) in [5.74, 6) is -1.40. The molecule has 29 heavy (non-hydrogen) atoms. The number of piperidine rings is 1. The van der Waals surface area contributed by atoms with Crippen molar-refractivity contribution in [2.24, 2.45) is 28.6 Å². The van der Waals surface area contributed by atoms with E-state index in [-0.39, 0.29) is 17.4 Å². The van der Waals surface area contributed by atoms with Gasteiger partial charge in [-0.05, 0) is 68.1 Å². The molecule has 2 unspecified atom stereocenters. The van der Waals surface area contributed by atoms with E-state index in [9.17, 15) is 22.8 Å². The summed E-state index contributed by atoms with van der Waals surface area (Å²) < 4.78 is 39.4. The van der Waals surface area contributed by atoms with Gasteiger partial charge >= 0.3 is 18.2 Å². The van der Waals surface area contributed by atoms with Gasteiger partial charge in [-0.25, -0.2) is 6.57 Å². The number of carbonyl (C=O) groups is 2. The molecule has 5 aliphatic carbocycles. The number of hydrogen-bond acceptors (Lipinski definition) is 2. The second-order valence-corrected chi connectivity index (χ2v) is 10.7. The average Bonchev–Trinajstić information content (AvgIpc) is 3.25. The van der Waals surface area contributed by atoms with Gasteiger partial charge in [0.05, 0.1) is 0 Å². The summed E-state index contributed by atoms with van der Waals surface area (Å²) in [6, 6.07) is -1.23. The van der Waals surface area contributed by atoms with Crippen molar-refractivity contribution in [3.8, 4) is 0 Å². The van der Waals surface area contributed by atoms with Crippen LogP contribution in [-0.2, 0) is 9.59 Å². The van der Waals surface area contributed by atoms with E-state index >= 15 is 0 Å². The zero-order valence-electron chi connectivity index (χ0n) is 16.5. The summed E-state index contributed by atoms with van der Waals surface area (Å²) in [7, 11) is 0. The maximum Gasteiger partial charge on any atom is 0.471 e. The van der Waals surface area contributed by atoms with Crippen LogP contribution in [0.5, 0.6) is 0 Å². The lowest BCUT2D eigenvalue weighted by Crippen LogP contribution is -2.65. The molecule has 0 aromatic heterocycles. The van der Waals surface area contributed by atoms with Crippen molar-refractivity contribution in [1.29, 1.82) is 0 Å². The van der Waals surface area contributed by atoms with Crippen LogP contribution in [0.1, 0.15) is 58.3 Å². The highest BCUT2D eigenvalue weighted by molar-refractivity contribution is 5.91. The second kappa shape index (κ2) is 5.89. The topological polar surface area (TPSA) is 53.8 Å². The Balaban J connectivity index is 1.50. The minimum absolute atomic E-state index is 0.0257. The summed E-state index contributed by atoms with van der Waals surface area (Å²) in [4.78, 5) is 30.7. The lowest BCUT2D eigenvalue weighted by atomic mass is 9.43. The predicted molar refractivity (Wildman–Crippen MR) is 97.0 cm³/mol. The van der Waals surface area contributed by atoms with Crippen molar-refractivity contribution < 1.29 is 22.8 Å². The average molecular weight is 409 g/mol. The van der Waals surface area contributed by atoms with Crippen LogP contribution in [0.3, 0.4) is 0 Å². The number of carbonyl (C=O) groups excluding carboxylic acids is 2. The van der Waals surface area contributed by atoms with Gasteiger partial charge in [0.15, 0.2) is 0 Å². The molecular weight excluding hydrogens is 383 g/mol. The number of fused-ring (bicyclic) bond motifs is 1. The summed E-state index contributed by atoms with van der Waals surface area (Å²) in [5.41, 5.74) is -0.603. The molecule has 1 N–H and O–H groups in total. The van der Waals surface area contributed by atoms with Gasteiger partial charge in [-0.3, -0.25) is 19.3 Å². The van der Waals surface area contributed by atoms with E-state index in [0.717, 1.165) is 25.7 Å². The fourth-order valence-corrected chi connectivity index (χ4v) is 7.83. The van der Waals surface area contributed by atoms with Crippen LogP contribution in [0.2, 0.25) is 0 Å². The number of halogens is 3. The molecule has 6 fully saturated rings. The van der Waals surface area contributed by atoms with Crippen LogP contribution in [0.4, 0.5) is 13.2 Å². The van der Waals surface area contributed by atoms with Gasteiger partial charge in [-0.2, -0.15) is 13.2 Å². The Kier molecular flexibility index (Phi) is 3.90. The molecule has 1 heterocycles. The summed E-state index contributed by atoms with van der Waals surface area (Å²) in [6.07, 6.45) is 1.01. The predicted octanol–water partition coefficient (Wildman–Crippen LogP) is 3.51. The van der Waals surface area contributed by atoms with Crippen molar-refractivity contribution in [2.75, 3.05) is 0 Å². The van der Waals surface area contributed by atoms with Gasteiger partial charge in [0.2, 0.25) is 0 Å². The fourth-order valence-electron chi connectivity index (χ4n) is 7.83. The number of amides is 2. The van der Waals surface area contributed by atoms with Crippen LogP contribution in [0.25, 0.3) is 4.85 Å². The smallest absolute Gasteiger partial charge is 0.336 e. The molecule has 6 rings (SSSR count). The van der Waals surface area contributed by atoms with E-state index in [1.54, 1.807) is 0 Å². The van der Waals surface area contributed by atoms with E-state index in [4.69, 9.17) is 6.57 Å². The van der Waals surface area contributed by atoms with Gasteiger partial charge < -0.3 is 5.32 Å². The maximum atomic E-state index is 13.6. The fraction of sp³-hybridized carbons (Fsp3) is 0.857. The van der Waals surface area contributed by atoms with Gasteiger partial charge in [0.1, 0.15) is 6.04 Å². The normalized spacial score (nSPS) is 45.5. The summed E-state index contributed by atoms with van der Waals surface area (Å²) in [5, 5.41) is 2.13. The molecule has 6 aliphatic rings. The van der Waals surface area contributed by atoms with E-state index in [1.807, 2.05) is 0 Å². The first-order chi connectivity index (χ1) is 13.5. The molecule has 0 aromatic carbocycles. The second-order valence-electron chi connectivity index (χ2n) is 10.7. The Morgan fingerprint density at radius 1 is 1.14 bits per heavy atom. The van der Waals surface area contributed by atoms with Crippen molar-refractivity contribution >= 4 is 11.8 Å². The standard InChI is InChI=1S/C21H26F3N3O2/c1-19-6-11-3-12(7-19)9-20(8-11,10-19)16(26-18(29)21(22,23)24)17(28)27-14-4-13(14)5-15(27)25-2/h11-16H,3-10H2,1H3,(H,26,29)/t11?,12?,13-,14-,15-,16+,19?,20?/m0/s1. The molecule has 6 atom stereocenters. The molecule has 1 aliphatic heterocycles. The van der Waals surface area contributed by atoms with E-state index in [1.165, 1.54) is 4.90 Å². The highest BCUT2D eigenvalue weighted by Gasteiger charge is 2.64. The van der Waals surface area contributed by atoms with Crippen LogP contribution in [-0.4, -0.2) is 41.1 Å². The third kappa shape index (κ3) is 2.95. The Hall–Kier alpha value is -1.78. The lowest BCUT2D eigenvalue weighted by molar-refractivity contribution is -0.181. The Morgan fingerprint density at radius 3 is 2.34 bits per heavy atom. The number of hydrogen-bond donors (Lipinski definition) is 1. The Bertz CT molecular complexity index is 790. The van der Waals surface area contributed by atoms with Crippen LogP contribution in [0, 0.1) is 35.2 Å². The highest BCUT2D eigenvalue weighted by Crippen LogP contribution is 2.66. The zero-order chi connectivity index (χ0) is 20.8. The third-order valence-electron chi connectivity index (χ3n) is 8.27. The van der Waals surface area contributed by atoms with E-state index in [0.29, 0.717) is 37.5 Å². The first-order valence-electron chi connectivity index (χ1n) is 10.6. The maximum absolute atomic E-state index is 13.6. The Labute approximate surface area is 168 Å². The lowest BCUT2D eigenvalue weighted by Gasteiger charge is -2.63. The number of likely N-dealkylation sites (tertiary alicyclic amines) is 1. The van der Waals surface area contributed by atoms with Gasteiger partial charge in [-0.1, -0.05) is 6.92 Å². The molecule has 0 aromatic rings. The van der Waals surface area contributed by atoms with Gasteiger partial charge in [-0.15, -0.1) is 0 Å². The molecule has 0 spiro atoms.